The Kier molecular flexibility index (Phi) is 1.63. The molecule has 0 amide bonds. The van der Waals surface area contributed by atoms with Crippen LogP contribution in [-0.4, -0.2) is 10.2 Å². The van der Waals surface area contributed by atoms with Gasteiger partial charge in [0.1, 0.15) is 0 Å². The summed E-state index contributed by atoms with van der Waals surface area (Å²) >= 11 is 4.92. The fourth-order valence-electron chi connectivity index (χ4n) is 0.189. The molecule has 1 rings (SSSR count). The number of rotatable bonds is 0. The van der Waals surface area contributed by atoms with Gasteiger partial charge in [0.2, 0.25) is 0 Å². The molecule has 5 heteroatoms. The SMILES string of the molecule is Brc1nnc(I)o1. The first kappa shape index (κ1) is 5.49. The zero-order chi connectivity index (χ0) is 5.28. The van der Waals surface area contributed by atoms with E-state index >= 15 is 0 Å². The monoisotopic (exact) mass is 274 g/mol. The van der Waals surface area contributed by atoms with Gasteiger partial charge >= 0.3 is 0 Å². The summed E-state index contributed by atoms with van der Waals surface area (Å²) in [5.41, 5.74) is 0. The van der Waals surface area contributed by atoms with Gasteiger partial charge in [0.15, 0.2) is 0 Å². The molecule has 1 aromatic heterocycles. The predicted molar refractivity (Wildman–Crippen MR) is 34.7 cm³/mol. The molecule has 0 bridgehead atoms. The minimum atomic E-state index is 0.428. The molecule has 0 saturated carbocycles. The second kappa shape index (κ2) is 2.08. The molecular weight excluding hydrogens is 275 g/mol. The minimum Gasteiger partial charge on any atom is -0.406 e. The van der Waals surface area contributed by atoms with Crippen LogP contribution in [0.5, 0.6) is 0 Å². The van der Waals surface area contributed by atoms with Crippen LogP contribution in [0, 0.1) is 3.90 Å². The van der Waals surface area contributed by atoms with Crippen molar-refractivity contribution in [2.45, 2.75) is 0 Å². The van der Waals surface area contributed by atoms with Crippen molar-refractivity contribution in [2.75, 3.05) is 0 Å². The Bertz CT molecular complexity index is 148. The number of halogens is 2. The van der Waals surface area contributed by atoms with E-state index in [4.69, 9.17) is 4.42 Å². The van der Waals surface area contributed by atoms with Crippen LogP contribution in [0.1, 0.15) is 0 Å². The molecule has 1 aromatic rings. The maximum atomic E-state index is 4.76. The molecule has 0 saturated heterocycles. The molecular formula is C2BrIN2O. The third-order valence-electron chi connectivity index (χ3n) is 0.376. The largest absolute Gasteiger partial charge is 0.406 e. The summed E-state index contributed by atoms with van der Waals surface area (Å²) in [5, 5.41) is 7.05. The van der Waals surface area contributed by atoms with E-state index in [1.54, 1.807) is 0 Å². The van der Waals surface area contributed by atoms with Gasteiger partial charge in [-0.3, -0.25) is 0 Å². The molecule has 38 valence electrons. The van der Waals surface area contributed by atoms with Gasteiger partial charge in [0.05, 0.1) is 0 Å². The van der Waals surface area contributed by atoms with Crippen LogP contribution in [-0.2, 0) is 0 Å². The van der Waals surface area contributed by atoms with Gasteiger partial charge in [-0.15, -0.1) is 10.2 Å². The van der Waals surface area contributed by atoms with Crippen LogP contribution < -0.4 is 0 Å². The predicted octanol–water partition coefficient (Wildman–Crippen LogP) is 1.44. The van der Waals surface area contributed by atoms with Crippen LogP contribution in [0.25, 0.3) is 0 Å². The minimum absolute atomic E-state index is 0.428. The Hall–Kier alpha value is 0.350. The Labute approximate surface area is 61.8 Å². The number of aromatic nitrogens is 2. The van der Waals surface area contributed by atoms with E-state index in [2.05, 4.69) is 26.1 Å². The summed E-state index contributed by atoms with van der Waals surface area (Å²) in [6.07, 6.45) is 0. The van der Waals surface area contributed by atoms with Crippen molar-refractivity contribution in [2.24, 2.45) is 0 Å². The van der Waals surface area contributed by atoms with Crippen molar-refractivity contribution >= 4 is 38.5 Å². The van der Waals surface area contributed by atoms with Gasteiger partial charge in [0.25, 0.3) is 8.70 Å². The van der Waals surface area contributed by atoms with Crippen LogP contribution in [0.15, 0.2) is 9.22 Å². The van der Waals surface area contributed by atoms with E-state index < -0.39 is 0 Å². The molecule has 0 atom stereocenters. The average molecular weight is 275 g/mol. The van der Waals surface area contributed by atoms with E-state index in [9.17, 15) is 0 Å². The molecule has 0 fully saturated rings. The first-order valence-corrected chi connectivity index (χ1v) is 3.31. The first-order valence-electron chi connectivity index (χ1n) is 1.43. The molecule has 0 aliphatic rings. The molecule has 0 aliphatic heterocycles. The summed E-state index contributed by atoms with van der Waals surface area (Å²) < 4.78 is 5.31. The highest BCUT2D eigenvalue weighted by Crippen LogP contribution is 2.07. The number of hydrogen-bond donors (Lipinski definition) is 0. The smallest absolute Gasteiger partial charge is 0.285 e. The van der Waals surface area contributed by atoms with Gasteiger partial charge in [-0.05, 0) is 0 Å². The lowest BCUT2D eigenvalue weighted by molar-refractivity contribution is 0.497. The van der Waals surface area contributed by atoms with Crippen molar-refractivity contribution in [1.29, 1.82) is 0 Å². The topological polar surface area (TPSA) is 38.9 Å². The third kappa shape index (κ3) is 1.37. The molecule has 0 N–H and O–H groups in total. The summed E-state index contributed by atoms with van der Waals surface area (Å²) in [5.74, 6) is 0. The standard InChI is InChI=1S/C2BrIN2O/c3-1-5-6-2(4)7-1. The molecule has 3 nitrogen and oxygen atoms in total. The summed E-state index contributed by atoms with van der Waals surface area (Å²) in [6, 6.07) is 0. The highest BCUT2D eigenvalue weighted by Gasteiger charge is 1.93. The molecule has 0 spiro atoms. The van der Waals surface area contributed by atoms with E-state index in [0.29, 0.717) is 8.70 Å². The van der Waals surface area contributed by atoms with Crippen molar-refractivity contribution in [3.05, 3.63) is 8.70 Å². The second-order valence-electron chi connectivity index (χ2n) is 0.808. The Balaban J connectivity index is 3.04. The number of hydrogen-bond acceptors (Lipinski definition) is 3. The van der Waals surface area contributed by atoms with Crippen molar-refractivity contribution in [3.8, 4) is 0 Å². The van der Waals surface area contributed by atoms with Gasteiger partial charge in [-0.2, -0.15) is 0 Å². The zero-order valence-corrected chi connectivity index (χ0v) is 6.80. The fourth-order valence-corrected chi connectivity index (χ4v) is 1.04. The average Bonchev–Trinajstić information content (AvgIpc) is 1.87. The molecule has 0 unspecified atom stereocenters. The van der Waals surface area contributed by atoms with Gasteiger partial charge in [0, 0.05) is 38.5 Å². The van der Waals surface area contributed by atoms with Crippen molar-refractivity contribution < 1.29 is 4.42 Å². The number of nitrogens with zero attached hydrogens (tertiary/aromatic N) is 2. The van der Waals surface area contributed by atoms with Gasteiger partial charge in [-0.25, -0.2) is 0 Å². The lowest BCUT2D eigenvalue weighted by Gasteiger charge is -1.66. The van der Waals surface area contributed by atoms with E-state index in [1.165, 1.54) is 0 Å². The van der Waals surface area contributed by atoms with Crippen LogP contribution in [0.4, 0.5) is 0 Å². The normalized spacial score (nSPS) is 9.43. The molecule has 1 heterocycles. The maximum Gasteiger partial charge on any atom is 0.285 e. The van der Waals surface area contributed by atoms with Gasteiger partial charge < -0.3 is 4.42 Å². The van der Waals surface area contributed by atoms with Crippen molar-refractivity contribution in [1.82, 2.24) is 10.2 Å². The lowest BCUT2D eigenvalue weighted by Crippen LogP contribution is -1.65. The van der Waals surface area contributed by atoms with E-state index in [-0.39, 0.29) is 0 Å². The Morgan fingerprint density at radius 3 is 2.43 bits per heavy atom. The third-order valence-corrected chi connectivity index (χ3v) is 1.13. The molecule has 7 heavy (non-hydrogen) atoms. The van der Waals surface area contributed by atoms with E-state index in [0.717, 1.165) is 0 Å². The van der Waals surface area contributed by atoms with Crippen LogP contribution >= 0.6 is 38.5 Å². The van der Waals surface area contributed by atoms with Gasteiger partial charge in [-0.1, -0.05) is 0 Å². The summed E-state index contributed by atoms with van der Waals surface area (Å²) in [6.45, 7) is 0. The molecule has 0 aliphatic carbocycles. The second-order valence-corrected chi connectivity index (χ2v) is 2.41. The molecule has 0 aromatic carbocycles. The lowest BCUT2D eigenvalue weighted by atomic mass is 11.5. The Morgan fingerprint density at radius 2 is 2.29 bits per heavy atom. The Morgan fingerprint density at radius 1 is 1.57 bits per heavy atom. The highest BCUT2D eigenvalue weighted by molar-refractivity contribution is 14.1. The zero-order valence-electron chi connectivity index (χ0n) is 3.06. The quantitative estimate of drug-likeness (QED) is 0.672. The van der Waals surface area contributed by atoms with Crippen molar-refractivity contribution in [3.63, 3.8) is 0 Å². The first-order chi connectivity index (χ1) is 3.29. The highest BCUT2D eigenvalue weighted by atomic mass is 127. The van der Waals surface area contributed by atoms with Crippen LogP contribution in [0.3, 0.4) is 0 Å². The fraction of sp³-hybridized carbons (Fsp3) is 0. The van der Waals surface area contributed by atoms with Crippen LogP contribution in [0.2, 0.25) is 0 Å². The summed E-state index contributed by atoms with van der Waals surface area (Å²) in [4.78, 5) is 0.428. The van der Waals surface area contributed by atoms with E-state index in [1.807, 2.05) is 22.6 Å². The molecule has 0 radical (unpaired) electrons. The maximum absolute atomic E-state index is 4.76. The summed E-state index contributed by atoms with van der Waals surface area (Å²) in [7, 11) is 0.